The molecule has 2 N–H and O–H groups in total. The summed E-state index contributed by atoms with van der Waals surface area (Å²) in [5, 5.41) is 12.6. The van der Waals surface area contributed by atoms with Crippen molar-refractivity contribution in [1.82, 2.24) is 0 Å². The second kappa shape index (κ2) is 2.89. The third-order valence-electron chi connectivity index (χ3n) is 2.30. The van der Waals surface area contributed by atoms with Gasteiger partial charge < -0.3 is 5.73 Å². The standard InChI is InChI=1S/C9H10N2S/c10-3-7-4-12-5-8(7)9(11)6-1-2-6/h4-6,9H,1-2,11H2/t9-/m0/s1. The van der Waals surface area contributed by atoms with E-state index in [1.54, 1.807) is 11.3 Å². The second-order valence-corrected chi connectivity index (χ2v) is 3.96. The Morgan fingerprint density at radius 3 is 2.92 bits per heavy atom. The third kappa shape index (κ3) is 1.24. The highest BCUT2D eigenvalue weighted by molar-refractivity contribution is 7.08. The number of hydrogen-bond donors (Lipinski definition) is 1. The minimum absolute atomic E-state index is 0.103. The highest BCUT2D eigenvalue weighted by Gasteiger charge is 2.31. The van der Waals surface area contributed by atoms with E-state index in [1.165, 1.54) is 12.8 Å². The normalized spacial score (nSPS) is 18.7. The molecular weight excluding hydrogens is 168 g/mol. The second-order valence-electron chi connectivity index (χ2n) is 3.22. The van der Waals surface area contributed by atoms with Gasteiger partial charge in [-0.1, -0.05) is 0 Å². The van der Waals surface area contributed by atoms with E-state index in [1.807, 2.05) is 10.8 Å². The fraction of sp³-hybridized carbons (Fsp3) is 0.444. The first kappa shape index (κ1) is 7.78. The van der Waals surface area contributed by atoms with Crippen LogP contribution in [0, 0.1) is 17.2 Å². The van der Waals surface area contributed by atoms with Gasteiger partial charge in [0.25, 0.3) is 0 Å². The topological polar surface area (TPSA) is 49.8 Å². The number of rotatable bonds is 2. The summed E-state index contributed by atoms with van der Waals surface area (Å²) in [6.45, 7) is 0. The molecule has 1 saturated carbocycles. The van der Waals surface area contributed by atoms with E-state index in [2.05, 4.69) is 6.07 Å². The van der Waals surface area contributed by atoms with Gasteiger partial charge in [0, 0.05) is 11.4 Å². The lowest BCUT2D eigenvalue weighted by molar-refractivity contribution is 0.634. The minimum Gasteiger partial charge on any atom is -0.324 e. The van der Waals surface area contributed by atoms with E-state index in [0.29, 0.717) is 5.92 Å². The Morgan fingerprint density at radius 2 is 2.33 bits per heavy atom. The summed E-state index contributed by atoms with van der Waals surface area (Å²) < 4.78 is 0. The van der Waals surface area contributed by atoms with E-state index >= 15 is 0 Å². The van der Waals surface area contributed by atoms with Crippen LogP contribution in [0.3, 0.4) is 0 Å². The molecule has 1 heterocycles. The number of nitrogens with two attached hydrogens (primary N) is 1. The van der Waals surface area contributed by atoms with Gasteiger partial charge in [-0.25, -0.2) is 0 Å². The van der Waals surface area contributed by atoms with E-state index in [-0.39, 0.29) is 6.04 Å². The predicted octanol–water partition coefficient (Wildman–Crippen LogP) is 2.03. The molecule has 0 unspecified atom stereocenters. The van der Waals surface area contributed by atoms with Gasteiger partial charge in [-0.15, -0.1) is 0 Å². The van der Waals surface area contributed by atoms with Gasteiger partial charge >= 0.3 is 0 Å². The molecule has 1 aromatic heterocycles. The Hall–Kier alpha value is -0.850. The maximum Gasteiger partial charge on any atom is 0.100 e. The lowest BCUT2D eigenvalue weighted by atomic mass is 10.0. The van der Waals surface area contributed by atoms with Crippen LogP contribution in [-0.4, -0.2) is 0 Å². The van der Waals surface area contributed by atoms with E-state index in [9.17, 15) is 0 Å². The van der Waals surface area contributed by atoms with Crippen LogP contribution in [0.25, 0.3) is 0 Å². The molecule has 2 rings (SSSR count). The monoisotopic (exact) mass is 178 g/mol. The molecule has 0 spiro atoms. The molecule has 1 aromatic rings. The van der Waals surface area contributed by atoms with E-state index < -0.39 is 0 Å². The summed E-state index contributed by atoms with van der Waals surface area (Å²) in [7, 11) is 0. The molecule has 0 radical (unpaired) electrons. The summed E-state index contributed by atoms with van der Waals surface area (Å²) in [5.41, 5.74) is 7.79. The molecular formula is C9H10N2S. The number of nitrogens with zero attached hydrogens (tertiary/aromatic N) is 1. The highest BCUT2D eigenvalue weighted by atomic mass is 32.1. The summed E-state index contributed by atoms with van der Waals surface area (Å²) in [4.78, 5) is 0. The Morgan fingerprint density at radius 1 is 1.58 bits per heavy atom. The molecule has 62 valence electrons. The Kier molecular flexibility index (Phi) is 1.87. The zero-order valence-corrected chi connectivity index (χ0v) is 7.47. The minimum atomic E-state index is 0.103. The van der Waals surface area contributed by atoms with E-state index in [4.69, 9.17) is 11.0 Å². The number of nitriles is 1. The molecule has 1 aliphatic carbocycles. The van der Waals surface area contributed by atoms with E-state index in [0.717, 1.165) is 11.1 Å². The smallest absolute Gasteiger partial charge is 0.100 e. The molecule has 0 bridgehead atoms. The first-order chi connectivity index (χ1) is 5.83. The predicted molar refractivity (Wildman–Crippen MR) is 48.7 cm³/mol. The zero-order valence-electron chi connectivity index (χ0n) is 6.66. The molecule has 2 nitrogen and oxygen atoms in total. The molecule has 0 aromatic carbocycles. The summed E-state index contributed by atoms with van der Waals surface area (Å²) >= 11 is 1.56. The van der Waals surface area contributed by atoms with Crippen molar-refractivity contribution in [3.8, 4) is 6.07 Å². The Labute approximate surface area is 75.6 Å². The largest absolute Gasteiger partial charge is 0.324 e. The van der Waals surface area contributed by atoms with Crippen molar-refractivity contribution in [3.05, 3.63) is 21.9 Å². The van der Waals surface area contributed by atoms with Gasteiger partial charge in [0.05, 0.1) is 5.56 Å². The van der Waals surface area contributed by atoms with Gasteiger partial charge in [-0.2, -0.15) is 16.6 Å². The molecule has 1 aliphatic rings. The van der Waals surface area contributed by atoms with Crippen molar-refractivity contribution in [1.29, 1.82) is 5.26 Å². The first-order valence-electron chi connectivity index (χ1n) is 4.04. The average Bonchev–Trinajstić information content (AvgIpc) is 2.82. The van der Waals surface area contributed by atoms with Crippen molar-refractivity contribution in [3.63, 3.8) is 0 Å². The van der Waals surface area contributed by atoms with Gasteiger partial charge in [-0.05, 0) is 29.7 Å². The zero-order chi connectivity index (χ0) is 8.55. The Balaban J connectivity index is 2.26. The summed E-state index contributed by atoms with van der Waals surface area (Å²) in [5.74, 6) is 0.631. The third-order valence-corrected chi connectivity index (χ3v) is 3.06. The van der Waals surface area contributed by atoms with Crippen molar-refractivity contribution in [2.45, 2.75) is 18.9 Å². The fourth-order valence-corrected chi connectivity index (χ4v) is 2.19. The molecule has 12 heavy (non-hydrogen) atoms. The van der Waals surface area contributed by atoms with Crippen molar-refractivity contribution >= 4 is 11.3 Å². The van der Waals surface area contributed by atoms with Gasteiger partial charge in [0.1, 0.15) is 6.07 Å². The maximum absolute atomic E-state index is 8.76. The maximum atomic E-state index is 8.76. The molecule has 3 heteroatoms. The van der Waals surface area contributed by atoms with Crippen LogP contribution < -0.4 is 5.73 Å². The van der Waals surface area contributed by atoms with Crippen molar-refractivity contribution < 1.29 is 0 Å². The highest BCUT2D eigenvalue weighted by Crippen LogP contribution is 2.40. The van der Waals surface area contributed by atoms with Crippen molar-refractivity contribution in [2.75, 3.05) is 0 Å². The first-order valence-corrected chi connectivity index (χ1v) is 4.99. The molecule has 0 amide bonds. The van der Waals surface area contributed by atoms with Crippen LogP contribution in [0.4, 0.5) is 0 Å². The fourth-order valence-electron chi connectivity index (χ4n) is 1.37. The average molecular weight is 178 g/mol. The molecule has 0 aliphatic heterocycles. The molecule has 1 fully saturated rings. The quantitative estimate of drug-likeness (QED) is 0.753. The van der Waals surface area contributed by atoms with Crippen LogP contribution in [0.15, 0.2) is 10.8 Å². The molecule has 0 saturated heterocycles. The van der Waals surface area contributed by atoms with Crippen LogP contribution in [0.5, 0.6) is 0 Å². The van der Waals surface area contributed by atoms with Crippen LogP contribution >= 0.6 is 11.3 Å². The molecule has 1 atom stereocenters. The lowest BCUT2D eigenvalue weighted by Gasteiger charge is -2.07. The summed E-state index contributed by atoms with van der Waals surface area (Å²) in [6, 6.07) is 2.27. The van der Waals surface area contributed by atoms with Gasteiger partial charge in [-0.3, -0.25) is 0 Å². The Bertz CT molecular complexity index is 320. The van der Waals surface area contributed by atoms with Crippen LogP contribution in [0.2, 0.25) is 0 Å². The summed E-state index contributed by atoms with van der Waals surface area (Å²) in [6.07, 6.45) is 2.45. The number of thiophene rings is 1. The van der Waals surface area contributed by atoms with Crippen LogP contribution in [-0.2, 0) is 0 Å². The number of hydrogen-bond acceptors (Lipinski definition) is 3. The SMILES string of the molecule is N#Cc1cscc1[C@@H](N)C1CC1. The lowest BCUT2D eigenvalue weighted by Crippen LogP contribution is -2.12. The van der Waals surface area contributed by atoms with Gasteiger partial charge in [0.15, 0.2) is 0 Å². The van der Waals surface area contributed by atoms with Crippen molar-refractivity contribution in [2.24, 2.45) is 11.7 Å². The van der Waals surface area contributed by atoms with Gasteiger partial charge in [0.2, 0.25) is 0 Å². The van der Waals surface area contributed by atoms with Crippen LogP contribution in [0.1, 0.15) is 30.0 Å².